The normalized spacial score (nSPS) is 38.6. The second-order valence-corrected chi connectivity index (χ2v) is 9.63. The van der Waals surface area contributed by atoms with Gasteiger partial charge in [-0.05, 0) is 51.9 Å². The number of rotatable bonds is 5. The second-order valence-electron chi connectivity index (χ2n) is 9.63. The maximum Gasteiger partial charge on any atom is 0.407 e. The van der Waals surface area contributed by atoms with Crippen molar-refractivity contribution < 1.29 is 24.2 Å². The van der Waals surface area contributed by atoms with Gasteiger partial charge in [0.15, 0.2) is 0 Å². The summed E-state index contributed by atoms with van der Waals surface area (Å²) in [5.41, 5.74) is 1.46. The molecule has 0 radical (unpaired) electrons. The van der Waals surface area contributed by atoms with Crippen LogP contribution in [0.3, 0.4) is 0 Å². The maximum atomic E-state index is 11.2. The number of carboxylic acid groups (broad SMARTS) is 1. The molecular weight excluding hydrogens is 384 g/mol. The van der Waals surface area contributed by atoms with E-state index < -0.39 is 6.09 Å². The smallest absolute Gasteiger partial charge is 0.407 e. The topological polar surface area (TPSA) is 91.4 Å². The van der Waals surface area contributed by atoms with Crippen molar-refractivity contribution in [3.05, 3.63) is 11.6 Å². The summed E-state index contributed by atoms with van der Waals surface area (Å²) in [7, 11) is 3.46. The Morgan fingerprint density at radius 1 is 1.23 bits per heavy atom. The number of carbonyl (C=O) groups excluding carboxylic acids is 1. The zero-order valence-corrected chi connectivity index (χ0v) is 19.0. The highest BCUT2D eigenvalue weighted by Gasteiger charge is 2.60. The minimum Gasteiger partial charge on any atom is -0.465 e. The van der Waals surface area contributed by atoms with E-state index in [0.29, 0.717) is 31.2 Å². The van der Waals surface area contributed by atoms with E-state index >= 15 is 0 Å². The van der Waals surface area contributed by atoms with Gasteiger partial charge in [0, 0.05) is 39.1 Å². The highest BCUT2D eigenvalue weighted by atomic mass is 16.6. The number of piperidine rings is 1. The fourth-order valence-corrected chi connectivity index (χ4v) is 5.50. The zero-order chi connectivity index (χ0) is 22.1. The van der Waals surface area contributed by atoms with Gasteiger partial charge in [-0.25, -0.2) is 4.79 Å². The quantitative estimate of drug-likeness (QED) is 0.524. The molecule has 0 bridgehead atoms. The molecule has 0 spiro atoms. The van der Waals surface area contributed by atoms with Crippen LogP contribution in [0, 0.1) is 23.7 Å². The SMILES string of the molecule is CNC(=O)C1C2CN(C(=O)O)CC21.COC1CCCCC1C1(C)OC1CC=C(C)C. The number of fused-ring (bicyclic) bond motifs is 1. The van der Waals surface area contributed by atoms with Crippen molar-refractivity contribution in [2.24, 2.45) is 23.7 Å². The summed E-state index contributed by atoms with van der Waals surface area (Å²) in [4.78, 5) is 23.1. The first-order valence-electron chi connectivity index (χ1n) is 11.3. The summed E-state index contributed by atoms with van der Waals surface area (Å²) in [5.74, 6) is 1.27. The van der Waals surface area contributed by atoms with Gasteiger partial charge < -0.3 is 24.8 Å². The molecule has 4 fully saturated rings. The summed E-state index contributed by atoms with van der Waals surface area (Å²) >= 11 is 0. The van der Waals surface area contributed by atoms with Gasteiger partial charge in [0.05, 0.1) is 17.8 Å². The first kappa shape index (κ1) is 23.1. The number of hydrogen-bond acceptors (Lipinski definition) is 4. The lowest BCUT2D eigenvalue weighted by molar-refractivity contribution is -0.122. The number of nitrogens with one attached hydrogen (secondary N) is 1. The Hall–Kier alpha value is -1.60. The summed E-state index contributed by atoms with van der Waals surface area (Å²) in [5, 5.41) is 11.3. The van der Waals surface area contributed by atoms with E-state index in [9.17, 15) is 9.59 Å². The van der Waals surface area contributed by atoms with Gasteiger partial charge >= 0.3 is 6.09 Å². The van der Waals surface area contributed by atoms with E-state index in [1.165, 1.54) is 36.2 Å². The van der Waals surface area contributed by atoms with Crippen LogP contribution in [0.15, 0.2) is 11.6 Å². The van der Waals surface area contributed by atoms with Crippen LogP contribution in [0.2, 0.25) is 0 Å². The number of amides is 2. The molecule has 0 aromatic heterocycles. The minimum absolute atomic E-state index is 0.0556. The van der Waals surface area contributed by atoms with Crippen LogP contribution < -0.4 is 5.32 Å². The summed E-state index contributed by atoms with van der Waals surface area (Å²) < 4.78 is 11.7. The number of likely N-dealkylation sites (tertiary alicyclic amines) is 1. The van der Waals surface area contributed by atoms with Gasteiger partial charge in [-0.1, -0.05) is 24.5 Å². The third-order valence-electron chi connectivity index (χ3n) is 7.47. The molecule has 2 aliphatic heterocycles. The Morgan fingerprint density at radius 2 is 1.87 bits per heavy atom. The first-order chi connectivity index (χ1) is 14.2. The van der Waals surface area contributed by atoms with Gasteiger partial charge in [-0.15, -0.1) is 0 Å². The number of epoxide rings is 1. The number of nitrogens with zero attached hydrogens (tertiary/aromatic N) is 1. The van der Waals surface area contributed by atoms with Crippen LogP contribution in [-0.4, -0.2) is 67.1 Å². The molecule has 7 nitrogen and oxygen atoms in total. The zero-order valence-electron chi connectivity index (χ0n) is 19.0. The van der Waals surface area contributed by atoms with E-state index in [1.54, 1.807) is 7.05 Å². The minimum atomic E-state index is -0.872. The van der Waals surface area contributed by atoms with Crippen molar-refractivity contribution in [3.63, 3.8) is 0 Å². The molecule has 2 amide bonds. The third kappa shape index (κ3) is 4.83. The highest BCUT2D eigenvalue weighted by Crippen LogP contribution is 2.52. The maximum absolute atomic E-state index is 11.2. The average molecular weight is 423 g/mol. The van der Waals surface area contributed by atoms with Crippen molar-refractivity contribution in [3.8, 4) is 0 Å². The predicted molar refractivity (Wildman–Crippen MR) is 114 cm³/mol. The van der Waals surface area contributed by atoms with Crippen molar-refractivity contribution >= 4 is 12.0 Å². The standard InChI is InChI=1S/C15H26O2.C8H12N2O3/c1-11(2)9-10-14-15(3,17-14)12-7-5-6-8-13(12)16-4;1-9-7(11)6-4-2-10(8(12)13)3-5(4)6/h9,12-14H,5-8,10H2,1-4H3;4-6H,2-3H2,1H3,(H,9,11)(H,12,13). The molecule has 4 rings (SSSR count). The van der Waals surface area contributed by atoms with Crippen LogP contribution in [0.25, 0.3) is 0 Å². The van der Waals surface area contributed by atoms with E-state index in [-0.39, 0.29) is 29.3 Å². The fourth-order valence-electron chi connectivity index (χ4n) is 5.50. The van der Waals surface area contributed by atoms with Gasteiger partial charge in [0.2, 0.25) is 5.91 Å². The highest BCUT2D eigenvalue weighted by molar-refractivity contribution is 5.82. The number of carbonyl (C=O) groups is 2. The van der Waals surface area contributed by atoms with Gasteiger partial charge in [0.25, 0.3) is 0 Å². The van der Waals surface area contributed by atoms with Gasteiger partial charge in [0.1, 0.15) is 0 Å². The van der Waals surface area contributed by atoms with Crippen molar-refractivity contribution in [2.75, 3.05) is 27.2 Å². The molecule has 170 valence electrons. The van der Waals surface area contributed by atoms with Crippen molar-refractivity contribution in [2.45, 2.75) is 70.7 Å². The molecule has 0 aromatic rings. The molecule has 2 heterocycles. The molecule has 2 saturated heterocycles. The predicted octanol–water partition coefficient (Wildman–Crippen LogP) is 3.29. The Balaban J connectivity index is 0.000000177. The van der Waals surface area contributed by atoms with E-state index in [0.717, 1.165) is 6.42 Å². The number of methoxy groups -OCH3 is 1. The molecule has 4 aliphatic rings. The largest absolute Gasteiger partial charge is 0.465 e. The molecule has 2 aliphatic carbocycles. The molecule has 6 atom stereocenters. The van der Waals surface area contributed by atoms with E-state index in [1.807, 2.05) is 7.11 Å². The van der Waals surface area contributed by atoms with Crippen LogP contribution in [0.1, 0.15) is 52.9 Å². The summed E-state index contributed by atoms with van der Waals surface area (Å²) in [6, 6.07) is 0. The molecule has 2 N–H and O–H groups in total. The van der Waals surface area contributed by atoms with Gasteiger partial charge in [-0.3, -0.25) is 4.79 Å². The molecule has 2 saturated carbocycles. The molecule has 7 heteroatoms. The molecular formula is C23H38N2O5. The number of allylic oxidation sites excluding steroid dienone is 1. The van der Waals surface area contributed by atoms with Crippen LogP contribution >= 0.6 is 0 Å². The van der Waals surface area contributed by atoms with Crippen LogP contribution in [-0.2, 0) is 14.3 Å². The number of hydrogen-bond donors (Lipinski definition) is 2. The van der Waals surface area contributed by atoms with Gasteiger partial charge in [-0.2, -0.15) is 0 Å². The molecule has 6 unspecified atom stereocenters. The lowest BCUT2D eigenvalue weighted by atomic mass is 9.76. The molecule has 0 aromatic carbocycles. The number of ether oxygens (including phenoxy) is 2. The monoisotopic (exact) mass is 422 g/mol. The Morgan fingerprint density at radius 3 is 2.40 bits per heavy atom. The second kappa shape index (κ2) is 9.27. The van der Waals surface area contributed by atoms with Crippen molar-refractivity contribution in [1.29, 1.82) is 0 Å². The summed E-state index contributed by atoms with van der Waals surface area (Å²) in [6.07, 6.45) is 8.41. The summed E-state index contributed by atoms with van der Waals surface area (Å²) in [6.45, 7) is 7.63. The van der Waals surface area contributed by atoms with Crippen molar-refractivity contribution in [1.82, 2.24) is 10.2 Å². The lowest BCUT2D eigenvalue weighted by Gasteiger charge is -2.33. The Bertz CT molecular complexity index is 665. The van der Waals surface area contributed by atoms with Crippen LogP contribution in [0.5, 0.6) is 0 Å². The average Bonchev–Trinajstić information content (AvgIpc) is 3.55. The van der Waals surface area contributed by atoms with E-state index in [4.69, 9.17) is 14.6 Å². The molecule has 30 heavy (non-hydrogen) atoms. The Labute approximate surface area is 180 Å². The van der Waals surface area contributed by atoms with E-state index in [2.05, 4.69) is 32.2 Å². The van der Waals surface area contributed by atoms with Crippen LogP contribution in [0.4, 0.5) is 4.79 Å². The third-order valence-corrected chi connectivity index (χ3v) is 7.47. The Kier molecular flexibility index (Phi) is 7.13. The first-order valence-corrected chi connectivity index (χ1v) is 11.3. The lowest BCUT2D eigenvalue weighted by Crippen LogP contribution is -2.37. The fraction of sp³-hybridized carbons (Fsp3) is 0.826.